The second-order valence-electron chi connectivity index (χ2n) is 5.84. The van der Waals surface area contributed by atoms with Gasteiger partial charge >= 0.3 is 11.9 Å². The fraction of sp³-hybridized carbons (Fsp3) is 0.368. The van der Waals surface area contributed by atoms with E-state index in [0.717, 1.165) is 5.56 Å². The maximum Gasteiger partial charge on any atom is 0.335 e. The molecular weight excluding hydrogens is 308 g/mol. The maximum absolute atomic E-state index is 12.3. The van der Waals surface area contributed by atoms with Gasteiger partial charge < -0.3 is 14.2 Å². The third-order valence-corrected chi connectivity index (χ3v) is 4.02. The molecule has 2 rings (SSSR count). The van der Waals surface area contributed by atoms with Crippen molar-refractivity contribution in [2.45, 2.75) is 20.0 Å². The molecule has 128 valence electrons. The minimum atomic E-state index is -0.746. The molecule has 0 saturated carbocycles. The summed E-state index contributed by atoms with van der Waals surface area (Å²) in [7, 11) is 2.60. The number of hydrogen-bond donors (Lipinski definition) is 0. The zero-order valence-electron chi connectivity index (χ0n) is 14.2. The molecule has 5 nitrogen and oxygen atoms in total. The summed E-state index contributed by atoms with van der Waals surface area (Å²) in [5.74, 6) is -1.06. The molecule has 24 heavy (non-hydrogen) atoms. The van der Waals surface area contributed by atoms with E-state index < -0.39 is 17.4 Å². The largest absolute Gasteiger partial charge is 0.466 e. The van der Waals surface area contributed by atoms with E-state index in [1.807, 2.05) is 49.4 Å². The predicted molar refractivity (Wildman–Crippen MR) is 89.0 cm³/mol. The fourth-order valence-corrected chi connectivity index (χ4v) is 2.81. The van der Waals surface area contributed by atoms with E-state index in [-0.39, 0.29) is 6.61 Å². The second kappa shape index (κ2) is 7.93. The zero-order valence-corrected chi connectivity index (χ0v) is 14.2. The van der Waals surface area contributed by atoms with Crippen LogP contribution in [-0.2, 0) is 30.4 Å². The van der Waals surface area contributed by atoms with Crippen LogP contribution < -0.4 is 0 Å². The molecule has 1 aliphatic carbocycles. The number of allylic oxidation sites excluding steroid dienone is 1. The Morgan fingerprint density at radius 2 is 1.75 bits per heavy atom. The molecule has 1 aliphatic rings. The van der Waals surface area contributed by atoms with E-state index in [4.69, 9.17) is 14.2 Å². The van der Waals surface area contributed by atoms with Gasteiger partial charge in [-0.1, -0.05) is 42.5 Å². The summed E-state index contributed by atoms with van der Waals surface area (Å²) >= 11 is 0. The molecule has 0 radical (unpaired) electrons. The Hall–Kier alpha value is -2.40. The van der Waals surface area contributed by atoms with E-state index in [9.17, 15) is 9.59 Å². The number of carbonyl (C=O) groups is 2. The Bertz CT molecular complexity index is 660. The van der Waals surface area contributed by atoms with Gasteiger partial charge in [0.1, 0.15) is 0 Å². The highest BCUT2D eigenvalue weighted by Crippen LogP contribution is 2.38. The summed E-state index contributed by atoms with van der Waals surface area (Å²) in [6, 6.07) is 9.76. The summed E-state index contributed by atoms with van der Waals surface area (Å²) in [5, 5.41) is 0. The molecule has 1 aromatic rings. The van der Waals surface area contributed by atoms with Crippen LogP contribution in [0.5, 0.6) is 0 Å². The number of carbonyl (C=O) groups excluding carboxylic acids is 2. The molecule has 0 saturated heterocycles. The smallest absolute Gasteiger partial charge is 0.335 e. The zero-order chi connectivity index (χ0) is 17.6. The Balaban J connectivity index is 2.21. The van der Waals surface area contributed by atoms with Gasteiger partial charge in [0.25, 0.3) is 0 Å². The van der Waals surface area contributed by atoms with Crippen molar-refractivity contribution in [3.63, 3.8) is 0 Å². The SMILES string of the molecule is COC(=O)C1=C(C(=O)OC)C(C)(COCc2ccccc2)C=CC1. The van der Waals surface area contributed by atoms with Crippen molar-refractivity contribution in [1.29, 1.82) is 0 Å². The van der Waals surface area contributed by atoms with Crippen molar-refractivity contribution in [3.05, 3.63) is 59.2 Å². The first kappa shape index (κ1) is 17.9. The number of benzene rings is 1. The molecule has 0 aromatic heterocycles. The topological polar surface area (TPSA) is 61.8 Å². The standard InChI is InChI=1S/C19H22O5/c1-19(13-24-12-14-8-5-4-6-9-14)11-7-10-15(17(20)22-2)16(19)18(21)23-3/h4-9,11H,10,12-13H2,1-3H3. The van der Waals surface area contributed by atoms with Crippen molar-refractivity contribution in [2.24, 2.45) is 5.41 Å². The molecule has 0 amide bonds. The van der Waals surface area contributed by atoms with Gasteiger partial charge in [-0.25, -0.2) is 9.59 Å². The van der Waals surface area contributed by atoms with Crippen molar-refractivity contribution in [3.8, 4) is 0 Å². The summed E-state index contributed by atoms with van der Waals surface area (Å²) in [6.45, 7) is 2.53. The lowest BCUT2D eigenvalue weighted by Gasteiger charge is -2.31. The Morgan fingerprint density at radius 3 is 2.38 bits per heavy atom. The van der Waals surface area contributed by atoms with Crippen LogP contribution >= 0.6 is 0 Å². The quantitative estimate of drug-likeness (QED) is 0.593. The average molecular weight is 330 g/mol. The van der Waals surface area contributed by atoms with Gasteiger partial charge in [0.2, 0.25) is 0 Å². The minimum absolute atomic E-state index is 0.253. The third-order valence-electron chi connectivity index (χ3n) is 4.02. The van der Waals surface area contributed by atoms with Crippen molar-refractivity contribution >= 4 is 11.9 Å². The molecular formula is C19H22O5. The van der Waals surface area contributed by atoms with Crippen LogP contribution in [0.4, 0.5) is 0 Å². The van der Waals surface area contributed by atoms with E-state index >= 15 is 0 Å². The number of ether oxygens (including phenoxy) is 3. The lowest BCUT2D eigenvalue weighted by atomic mass is 9.75. The van der Waals surface area contributed by atoms with Crippen LogP contribution in [-0.4, -0.2) is 32.8 Å². The van der Waals surface area contributed by atoms with E-state index in [0.29, 0.717) is 24.2 Å². The summed E-state index contributed by atoms with van der Waals surface area (Å²) in [5.41, 5.74) is 0.909. The van der Waals surface area contributed by atoms with Gasteiger partial charge in [-0.3, -0.25) is 0 Å². The second-order valence-corrected chi connectivity index (χ2v) is 5.84. The van der Waals surface area contributed by atoms with E-state index in [1.54, 1.807) is 0 Å². The molecule has 0 fully saturated rings. The highest BCUT2D eigenvalue weighted by atomic mass is 16.5. The number of methoxy groups -OCH3 is 2. The van der Waals surface area contributed by atoms with E-state index in [2.05, 4.69) is 0 Å². The highest BCUT2D eigenvalue weighted by Gasteiger charge is 2.39. The number of esters is 2. The first-order valence-corrected chi connectivity index (χ1v) is 7.71. The predicted octanol–water partition coefficient (Wildman–Crippen LogP) is 2.81. The van der Waals surface area contributed by atoms with Gasteiger partial charge in [-0.2, -0.15) is 0 Å². The first-order chi connectivity index (χ1) is 11.5. The maximum atomic E-state index is 12.3. The van der Waals surface area contributed by atoms with Crippen LogP contribution in [0.1, 0.15) is 18.9 Å². The molecule has 5 heteroatoms. The molecule has 0 N–H and O–H groups in total. The van der Waals surface area contributed by atoms with Gasteiger partial charge in [0.15, 0.2) is 0 Å². The van der Waals surface area contributed by atoms with Crippen LogP contribution in [0.3, 0.4) is 0 Å². The van der Waals surface area contributed by atoms with Crippen molar-refractivity contribution in [2.75, 3.05) is 20.8 Å². The first-order valence-electron chi connectivity index (χ1n) is 7.71. The lowest BCUT2D eigenvalue weighted by molar-refractivity contribution is -0.140. The fourth-order valence-electron chi connectivity index (χ4n) is 2.81. The number of hydrogen-bond acceptors (Lipinski definition) is 5. The molecule has 1 aromatic carbocycles. The highest BCUT2D eigenvalue weighted by molar-refractivity contribution is 6.02. The molecule has 0 bridgehead atoms. The third kappa shape index (κ3) is 3.92. The molecule has 1 atom stereocenters. The number of rotatable bonds is 6. The Kier molecular flexibility index (Phi) is 5.93. The molecule has 0 spiro atoms. The lowest BCUT2D eigenvalue weighted by Crippen LogP contribution is -2.33. The Labute approximate surface area is 141 Å². The Morgan fingerprint density at radius 1 is 1.08 bits per heavy atom. The normalized spacial score (nSPS) is 20.0. The van der Waals surface area contributed by atoms with Crippen molar-refractivity contribution < 1.29 is 23.8 Å². The minimum Gasteiger partial charge on any atom is -0.466 e. The van der Waals surface area contributed by atoms with Gasteiger partial charge in [-0.05, 0) is 18.9 Å². The monoisotopic (exact) mass is 330 g/mol. The van der Waals surface area contributed by atoms with Gasteiger partial charge in [-0.15, -0.1) is 0 Å². The average Bonchev–Trinajstić information content (AvgIpc) is 2.61. The van der Waals surface area contributed by atoms with Gasteiger partial charge in [0.05, 0.1) is 38.6 Å². The summed E-state index contributed by atoms with van der Waals surface area (Å²) in [6.07, 6.45) is 4.08. The molecule has 1 unspecified atom stereocenters. The summed E-state index contributed by atoms with van der Waals surface area (Å²) in [4.78, 5) is 24.3. The van der Waals surface area contributed by atoms with E-state index in [1.165, 1.54) is 14.2 Å². The molecule has 0 aliphatic heterocycles. The van der Waals surface area contributed by atoms with Crippen LogP contribution in [0, 0.1) is 5.41 Å². The van der Waals surface area contributed by atoms with Crippen molar-refractivity contribution in [1.82, 2.24) is 0 Å². The van der Waals surface area contributed by atoms with Crippen LogP contribution in [0.25, 0.3) is 0 Å². The van der Waals surface area contributed by atoms with Crippen LogP contribution in [0.15, 0.2) is 53.6 Å². The summed E-state index contributed by atoms with van der Waals surface area (Å²) < 4.78 is 15.5. The molecule has 0 heterocycles. The van der Waals surface area contributed by atoms with Crippen LogP contribution in [0.2, 0.25) is 0 Å². The van der Waals surface area contributed by atoms with Gasteiger partial charge in [0, 0.05) is 5.41 Å².